The standard InChI is InChI=1S/C75H122O6/c1-4-7-10-13-16-19-22-25-28-30-32-33-34-35-36-37-38-39-40-41-43-44-47-50-53-56-59-62-65-68-74(77)80-71-72(70-79-73(76)67-64-61-58-55-52-49-46-27-24-21-18-15-12-9-6-3)81-75(78)69-66-63-60-57-54-51-48-45-42-31-29-26-23-20-17-14-11-8-5-2/h7-12,16-21,25-29,32-33,42,45-46,52,55,72H,4-6,13-15,22-24,30-31,34-41,43-44,47-51,53-54,56-71H2,1-3H3/b10-7-,11-8-,12-9-,19-16-,20-17-,21-18-,28-25-,29-26-,33-32-,45-42-,46-27-,55-52-. The zero-order chi connectivity index (χ0) is 58.5. The fourth-order valence-electron chi connectivity index (χ4n) is 8.95. The van der Waals surface area contributed by atoms with Crippen molar-refractivity contribution in [1.29, 1.82) is 0 Å². The van der Waals surface area contributed by atoms with Crippen molar-refractivity contribution < 1.29 is 28.6 Å². The highest BCUT2D eigenvalue weighted by Gasteiger charge is 2.19. The van der Waals surface area contributed by atoms with Crippen LogP contribution in [0.5, 0.6) is 0 Å². The fraction of sp³-hybridized carbons (Fsp3) is 0.640. The van der Waals surface area contributed by atoms with Crippen LogP contribution < -0.4 is 0 Å². The van der Waals surface area contributed by atoms with Crippen LogP contribution in [-0.4, -0.2) is 37.2 Å². The molecule has 0 radical (unpaired) electrons. The van der Waals surface area contributed by atoms with Gasteiger partial charge in [-0.05, 0) is 135 Å². The van der Waals surface area contributed by atoms with Crippen molar-refractivity contribution in [2.24, 2.45) is 0 Å². The first-order chi connectivity index (χ1) is 40.0. The van der Waals surface area contributed by atoms with Gasteiger partial charge in [0, 0.05) is 19.3 Å². The van der Waals surface area contributed by atoms with E-state index in [0.29, 0.717) is 19.3 Å². The van der Waals surface area contributed by atoms with E-state index in [-0.39, 0.29) is 31.1 Å². The van der Waals surface area contributed by atoms with E-state index in [9.17, 15) is 14.4 Å². The summed E-state index contributed by atoms with van der Waals surface area (Å²) in [7, 11) is 0. The molecule has 0 aliphatic heterocycles. The Hall–Kier alpha value is -4.71. The normalized spacial score (nSPS) is 13.1. The van der Waals surface area contributed by atoms with Gasteiger partial charge >= 0.3 is 17.9 Å². The first-order valence-corrected chi connectivity index (χ1v) is 33.3. The van der Waals surface area contributed by atoms with Crippen LogP contribution in [-0.2, 0) is 28.6 Å². The molecule has 0 saturated heterocycles. The summed E-state index contributed by atoms with van der Waals surface area (Å²) in [5, 5.41) is 0. The summed E-state index contributed by atoms with van der Waals surface area (Å²) in [5.41, 5.74) is 0. The number of rotatable bonds is 59. The Bertz CT molecular complexity index is 1760. The maximum Gasteiger partial charge on any atom is 0.306 e. The Morgan fingerprint density at radius 3 is 0.716 bits per heavy atom. The topological polar surface area (TPSA) is 78.9 Å². The third-order valence-corrected chi connectivity index (χ3v) is 13.8. The third kappa shape index (κ3) is 66.0. The van der Waals surface area contributed by atoms with Gasteiger partial charge in [-0.15, -0.1) is 0 Å². The maximum atomic E-state index is 12.9. The first kappa shape index (κ1) is 76.3. The SMILES string of the molecule is CC/C=C\C/C=C\C/C=C\C/C=C\CCCCCCCCCCCCCCCCCCC(=O)OCC(COC(=O)CCCC/C=C\C/C=C\C/C=C\C/C=C\CC)OC(=O)CCCCCCCC/C=C\C/C=C\C/C=C\C/C=C\CC. The molecule has 0 aliphatic carbocycles. The molecule has 0 aliphatic rings. The molecule has 6 nitrogen and oxygen atoms in total. The summed E-state index contributed by atoms with van der Waals surface area (Å²) in [4.78, 5) is 38.4. The molecular formula is C75H122O6. The molecule has 0 aromatic heterocycles. The summed E-state index contributed by atoms with van der Waals surface area (Å²) in [6.07, 6.45) is 97.3. The molecule has 0 saturated carbocycles. The number of carbonyl (C=O) groups is 3. The Morgan fingerprint density at radius 1 is 0.247 bits per heavy atom. The van der Waals surface area contributed by atoms with Gasteiger partial charge in [0.1, 0.15) is 13.2 Å². The zero-order valence-corrected chi connectivity index (χ0v) is 52.5. The second kappa shape index (κ2) is 67.8. The molecule has 0 rings (SSSR count). The van der Waals surface area contributed by atoms with E-state index in [1.165, 1.54) is 103 Å². The lowest BCUT2D eigenvalue weighted by Crippen LogP contribution is -2.30. The second-order valence-corrected chi connectivity index (χ2v) is 21.6. The van der Waals surface area contributed by atoms with Crippen molar-refractivity contribution in [3.63, 3.8) is 0 Å². The van der Waals surface area contributed by atoms with Crippen LogP contribution >= 0.6 is 0 Å². The average Bonchev–Trinajstić information content (AvgIpc) is 3.47. The third-order valence-electron chi connectivity index (χ3n) is 13.8. The predicted octanol–water partition coefficient (Wildman–Crippen LogP) is 23.1. The number of unbranched alkanes of at least 4 members (excludes halogenated alkanes) is 24. The van der Waals surface area contributed by atoms with Crippen molar-refractivity contribution in [1.82, 2.24) is 0 Å². The Kier molecular flexibility index (Phi) is 63.9. The highest BCUT2D eigenvalue weighted by atomic mass is 16.6. The summed E-state index contributed by atoms with van der Waals surface area (Å²) >= 11 is 0. The Labute approximate surface area is 499 Å². The molecule has 0 N–H and O–H groups in total. The highest BCUT2D eigenvalue weighted by Crippen LogP contribution is 2.16. The Balaban J connectivity index is 4.34. The molecule has 0 amide bonds. The molecule has 458 valence electrons. The van der Waals surface area contributed by atoms with E-state index in [1.54, 1.807) is 0 Å². The van der Waals surface area contributed by atoms with Crippen LogP contribution in [0.3, 0.4) is 0 Å². The molecule has 6 heteroatoms. The van der Waals surface area contributed by atoms with Crippen molar-refractivity contribution in [3.05, 3.63) is 146 Å². The fourth-order valence-corrected chi connectivity index (χ4v) is 8.95. The van der Waals surface area contributed by atoms with E-state index in [0.717, 1.165) is 148 Å². The lowest BCUT2D eigenvalue weighted by Gasteiger charge is -2.18. The van der Waals surface area contributed by atoms with Crippen molar-refractivity contribution in [3.8, 4) is 0 Å². The number of carbonyl (C=O) groups excluding carboxylic acids is 3. The van der Waals surface area contributed by atoms with Gasteiger partial charge in [-0.2, -0.15) is 0 Å². The first-order valence-electron chi connectivity index (χ1n) is 33.3. The molecule has 1 unspecified atom stereocenters. The second-order valence-electron chi connectivity index (χ2n) is 21.6. The Morgan fingerprint density at radius 2 is 0.444 bits per heavy atom. The van der Waals surface area contributed by atoms with Gasteiger partial charge in [0.15, 0.2) is 6.10 Å². The molecule has 0 aromatic rings. The van der Waals surface area contributed by atoms with Crippen LogP contribution in [0, 0.1) is 0 Å². The van der Waals surface area contributed by atoms with Gasteiger partial charge < -0.3 is 14.2 Å². The summed E-state index contributed by atoms with van der Waals surface area (Å²) < 4.78 is 16.9. The van der Waals surface area contributed by atoms with E-state index < -0.39 is 6.10 Å². The van der Waals surface area contributed by atoms with Crippen LogP contribution in [0.25, 0.3) is 0 Å². The number of ether oxygens (including phenoxy) is 3. The van der Waals surface area contributed by atoms with Gasteiger partial charge in [-0.25, -0.2) is 0 Å². The minimum atomic E-state index is -0.809. The van der Waals surface area contributed by atoms with Crippen molar-refractivity contribution in [2.75, 3.05) is 13.2 Å². The minimum absolute atomic E-state index is 0.100. The largest absolute Gasteiger partial charge is 0.462 e. The van der Waals surface area contributed by atoms with Crippen molar-refractivity contribution in [2.45, 2.75) is 297 Å². The van der Waals surface area contributed by atoms with Gasteiger partial charge in [-0.3, -0.25) is 14.4 Å². The molecule has 81 heavy (non-hydrogen) atoms. The lowest BCUT2D eigenvalue weighted by atomic mass is 10.0. The number of hydrogen-bond donors (Lipinski definition) is 0. The van der Waals surface area contributed by atoms with Gasteiger partial charge in [-0.1, -0.05) is 282 Å². The molecule has 0 heterocycles. The molecule has 1 atom stereocenters. The number of hydrogen-bond acceptors (Lipinski definition) is 6. The molecular weight excluding hydrogens is 997 g/mol. The quantitative estimate of drug-likeness (QED) is 0.0261. The van der Waals surface area contributed by atoms with Crippen LogP contribution in [0.1, 0.15) is 290 Å². The van der Waals surface area contributed by atoms with E-state index in [2.05, 4.69) is 167 Å². The average molecular weight is 1120 g/mol. The molecule has 0 fully saturated rings. The number of allylic oxidation sites excluding steroid dienone is 24. The maximum absolute atomic E-state index is 12.9. The monoisotopic (exact) mass is 1120 g/mol. The van der Waals surface area contributed by atoms with Crippen LogP contribution in [0.4, 0.5) is 0 Å². The van der Waals surface area contributed by atoms with Crippen LogP contribution in [0.15, 0.2) is 146 Å². The van der Waals surface area contributed by atoms with E-state index in [4.69, 9.17) is 14.2 Å². The predicted molar refractivity (Wildman–Crippen MR) is 352 cm³/mol. The summed E-state index contributed by atoms with van der Waals surface area (Å²) in [5.74, 6) is -0.955. The molecule has 0 bridgehead atoms. The number of esters is 3. The van der Waals surface area contributed by atoms with Gasteiger partial charge in [0.05, 0.1) is 0 Å². The molecule has 0 spiro atoms. The van der Waals surface area contributed by atoms with E-state index in [1.807, 2.05) is 0 Å². The zero-order valence-electron chi connectivity index (χ0n) is 52.5. The van der Waals surface area contributed by atoms with Crippen LogP contribution in [0.2, 0.25) is 0 Å². The summed E-state index contributed by atoms with van der Waals surface area (Å²) in [6.45, 7) is 6.27. The molecule has 0 aromatic carbocycles. The van der Waals surface area contributed by atoms with E-state index >= 15 is 0 Å². The highest BCUT2D eigenvalue weighted by molar-refractivity contribution is 5.71. The minimum Gasteiger partial charge on any atom is -0.462 e. The lowest BCUT2D eigenvalue weighted by molar-refractivity contribution is -0.167. The van der Waals surface area contributed by atoms with Gasteiger partial charge in [0.2, 0.25) is 0 Å². The van der Waals surface area contributed by atoms with Gasteiger partial charge in [0.25, 0.3) is 0 Å². The summed E-state index contributed by atoms with van der Waals surface area (Å²) in [6, 6.07) is 0. The van der Waals surface area contributed by atoms with Crippen molar-refractivity contribution >= 4 is 17.9 Å². The smallest absolute Gasteiger partial charge is 0.306 e.